The van der Waals surface area contributed by atoms with E-state index in [-0.39, 0.29) is 18.5 Å². The van der Waals surface area contributed by atoms with Gasteiger partial charge in [-0.1, -0.05) is 11.6 Å². The van der Waals surface area contributed by atoms with Gasteiger partial charge in [0.1, 0.15) is 4.34 Å². The van der Waals surface area contributed by atoms with Crippen LogP contribution in [0.25, 0.3) is 0 Å². The van der Waals surface area contributed by atoms with Crippen LogP contribution in [0.2, 0.25) is 4.34 Å². The topological polar surface area (TPSA) is 44.3 Å². The molecule has 0 aliphatic carbocycles. The number of thiophene rings is 1. The minimum atomic E-state index is -0.217. The predicted octanol–water partition coefficient (Wildman–Crippen LogP) is 2.26. The molecule has 2 heterocycles. The van der Waals surface area contributed by atoms with Gasteiger partial charge in [0, 0.05) is 41.4 Å². The van der Waals surface area contributed by atoms with Crippen molar-refractivity contribution < 1.29 is 5.11 Å². The van der Waals surface area contributed by atoms with Gasteiger partial charge in [-0.25, -0.2) is 0 Å². The number of hydrogen-bond acceptors (Lipinski definition) is 4. The number of hydrogen-bond donors (Lipinski definition) is 3. The lowest BCUT2D eigenvalue weighted by atomic mass is 10.1. The monoisotopic (exact) mass is 360 g/mol. The van der Waals surface area contributed by atoms with E-state index in [9.17, 15) is 5.11 Å². The SMILES string of the molecule is Cl.OC1CNCC1CNCc1cc(Br)c(Cl)s1. The molecular weight excluding hydrogens is 347 g/mol. The molecule has 1 aromatic rings. The van der Waals surface area contributed by atoms with E-state index in [0.29, 0.717) is 12.5 Å². The molecule has 0 aromatic carbocycles. The van der Waals surface area contributed by atoms with Gasteiger partial charge in [0.2, 0.25) is 0 Å². The number of β-amino-alcohol motifs (C(OH)–C–C–N with tert-alkyl or cyclic N) is 1. The zero-order valence-corrected chi connectivity index (χ0v) is 13.1. The number of rotatable bonds is 4. The maximum absolute atomic E-state index is 9.61. The van der Waals surface area contributed by atoms with E-state index < -0.39 is 0 Å². The molecule has 1 aliphatic rings. The second-order valence-corrected chi connectivity index (χ2v) is 6.54. The number of halogens is 3. The Morgan fingerprint density at radius 1 is 1.59 bits per heavy atom. The van der Waals surface area contributed by atoms with Crippen molar-refractivity contribution in [3.05, 3.63) is 19.8 Å². The van der Waals surface area contributed by atoms with Crippen LogP contribution < -0.4 is 10.6 Å². The summed E-state index contributed by atoms with van der Waals surface area (Å²) in [6.45, 7) is 3.24. The van der Waals surface area contributed by atoms with Crippen molar-refractivity contribution in [2.75, 3.05) is 19.6 Å². The summed E-state index contributed by atoms with van der Waals surface area (Å²) in [4.78, 5) is 1.21. The normalized spacial score (nSPS) is 23.7. The van der Waals surface area contributed by atoms with Gasteiger partial charge in [0.25, 0.3) is 0 Å². The van der Waals surface area contributed by atoms with Crippen molar-refractivity contribution in [2.24, 2.45) is 5.92 Å². The van der Waals surface area contributed by atoms with Gasteiger partial charge >= 0.3 is 0 Å². The third-order valence-electron chi connectivity index (χ3n) is 2.71. The summed E-state index contributed by atoms with van der Waals surface area (Å²) in [6, 6.07) is 2.03. The fraction of sp³-hybridized carbons (Fsp3) is 0.600. The van der Waals surface area contributed by atoms with Crippen LogP contribution in [0, 0.1) is 5.92 Å². The Kier molecular flexibility index (Phi) is 6.72. The average molecular weight is 362 g/mol. The molecule has 1 aromatic heterocycles. The molecule has 0 saturated carbocycles. The van der Waals surface area contributed by atoms with Crippen LogP contribution in [0.15, 0.2) is 10.5 Å². The standard InChI is InChI=1S/C10H14BrClN2OS.ClH/c11-8-1-7(16-10(8)12)4-13-2-6-3-14-5-9(6)15;/h1,6,9,13-15H,2-5H2;1H. The van der Waals surface area contributed by atoms with E-state index in [4.69, 9.17) is 11.6 Å². The van der Waals surface area contributed by atoms with E-state index in [0.717, 1.165) is 28.4 Å². The first kappa shape index (κ1) is 15.7. The van der Waals surface area contributed by atoms with Crippen molar-refractivity contribution in [1.82, 2.24) is 10.6 Å². The maximum Gasteiger partial charge on any atom is 0.107 e. The Balaban J connectivity index is 0.00000144. The zero-order chi connectivity index (χ0) is 11.5. The van der Waals surface area contributed by atoms with Gasteiger partial charge in [0.15, 0.2) is 0 Å². The molecule has 2 atom stereocenters. The van der Waals surface area contributed by atoms with E-state index in [1.807, 2.05) is 6.07 Å². The fourth-order valence-electron chi connectivity index (χ4n) is 1.79. The molecule has 17 heavy (non-hydrogen) atoms. The first-order valence-corrected chi connectivity index (χ1v) is 7.19. The molecule has 3 N–H and O–H groups in total. The molecule has 0 radical (unpaired) electrons. The zero-order valence-electron chi connectivity index (χ0n) is 9.08. The van der Waals surface area contributed by atoms with E-state index in [2.05, 4.69) is 26.6 Å². The summed E-state index contributed by atoms with van der Waals surface area (Å²) in [5, 5.41) is 16.1. The van der Waals surface area contributed by atoms with Gasteiger partial charge in [-0.15, -0.1) is 23.7 Å². The van der Waals surface area contributed by atoms with E-state index >= 15 is 0 Å². The molecule has 3 nitrogen and oxygen atoms in total. The predicted molar refractivity (Wildman–Crippen MR) is 78.4 cm³/mol. The first-order valence-electron chi connectivity index (χ1n) is 5.20. The van der Waals surface area contributed by atoms with Gasteiger partial charge in [-0.05, 0) is 22.0 Å². The minimum absolute atomic E-state index is 0. The first-order chi connectivity index (χ1) is 7.66. The number of aliphatic hydroxyl groups excluding tert-OH is 1. The molecule has 98 valence electrons. The molecule has 2 unspecified atom stereocenters. The van der Waals surface area contributed by atoms with Gasteiger partial charge < -0.3 is 15.7 Å². The Morgan fingerprint density at radius 3 is 2.88 bits per heavy atom. The Labute approximate surface area is 124 Å². The highest BCUT2D eigenvalue weighted by Crippen LogP contribution is 2.31. The smallest absolute Gasteiger partial charge is 0.107 e. The lowest BCUT2D eigenvalue weighted by Gasteiger charge is -2.13. The lowest BCUT2D eigenvalue weighted by Crippen LogP contribution is -2.29. The second kappa shape index (κ2) is 7.28. The summed E-state index contributed by atoms with van der Waals surface area (Å²) in [7, 11) is 0. The van der Waals surface area contributed by atoms with Crippen LogP contribution in [-0.2, 0) is 6.54 Å². The van der Waals surface area contributed by atoms with Crippen molar-refractivity contribution >= 4 is 51.3 Å². The van der Waals surface area contributed by atoms with Crippen LogP contribution in [-0.4, -0.2) is 30.8 Å². The molecule has 1 fully saturated rings. The quantitative estimate of drug-likeness (QED) is 0.770. The molecule has 1 aliphatic heterocycles. The highest BCUT2D eigenvalue weighted by Gasteiger charge is 2.24. The summed E-state index contributed by atoms with van der Waals surface area (Å²) in [5.74, 6) is 0.318. The average Bonchev–Trinajstić information content (AvgIpc) is 2.76. The maximum atomic E-state index is 9.61. The van der Waals surface area contributed by atoms with Gasteiger partial charge in [0.05, 0.1) is 6.10 Å². The molecule has 2 rings (SSSR count). The summed E-state index contributed by atoms with van der Waals surface area (Å²) >= 11 is 10.9. The molecule has 0 bridgehead atoms. The Hall–Kier alpha value is 0.640. The van der Waals surface area contributed by atoms with Gasteiger partial charge in [-0.2, -0.15) is 0 Å². The van der Waals surface area contributed by atoms with Crippen molar-refractivity contribution in [3.8, 4) is 0 Å². The van der Waals surface area contributed by atoms with Gasteiger partial charge in [-0.3, -0.25) is 0 Å². The van der Waals surface area contributed by atoms with Crippen molar-refractivity contribution in [3.63, 3.8) is 0 Å². The van der Waals surface area contributed by atoms with Crippen LogP contribution in [0.4, 0.5) is 0 Å². The molecule has 1 saturated heterocycles. The fourth-order valence-corrected chi connectivity index (χ4v) is 3.55. The van der Waals surface area contributed by atoms with Crippen LogP contribution >= 0.6 is 51.3 Å². The van der Waals surface area contributed by atoms with Crippen molar-refractivity contribution in [1.29, 1.82) is 0 Å². The van der Waals surface area contributed by atoms with Crippen LogP contribution in [0.5, 0.6) is 0 Å². The highest BCUT2D eigenvalue weighted by atomic mass is 79.9. The number of aliphatic hydroxyl groups is 1. The summed E-state index contributed by atoms with van der Waals surface area (Å²) in [6.07, 6.45) is -0.217. The van der Waals surface area contributed by atoms with Crippen LogP contribution in [0.1, 0.15) is 4.88 Å². The largest absolute Gasteiger partial charge is 0.391 e. The van der Waals surface area contributed by atoms with E-state index in [1.165, 1.54) is 4.88 Å². The van der Waals surface area contributed by atoms with Crippen LogP contribution in [0.3, 0.4) is 0 Å². The van der Waals surface area contributed by atoms with E-state index in [1.54, 1.807) is 11.3 Å². The highest BCUT2D eigenvalue weighted by molar-refractivity contribution is 9.10. The second-order valence-electron chi connectivity index (χ2n) is 3.95. The number of nitrogens with one attached hydrogen (secondary N) is 2. The van der Waals surface area contributed by atoms with Crippen molar-refractivity contribution in [2.45, 2.75) is 12.6 Å². The Bertz CT molecular complexity index is 345. The Morgan fingerprint density at radius 2 is 2.35 bits per heavy atom. The lowest BCUT2D eigenvalue weighted by molar-refractivity contribution is 0.146. The molecule has 7 heteroatoms. The molecule has 0 spiro atoms. The summed E-state index contributed by atoms with van der Waals surface area (Å²) in [5.41, 5.74) is 0. The third-order valence-corrected chi connectivity index (χ3v) is 5.18. The summed E-state index contributed by atoms with van der Waals surface area (Å²) < 4.78 is 1.75. The third kappa shape index (κ3) is 4.35. The molecule has 0 amide bonds. The molecular formula is C10H15BrCl2N2OS. The minimum Gasteiger partial charge on any atom is -0.391 e.